The Labute approximate surface area is 109 Å². The minimum Gasteiger partial charge on any atom is -0.469 e. The molecule has 0 N–H and O–H groups in total. The normalized spacial score (nSPS) is 22.2. The second-order valence-corrected chi connectivity index (χ2v) is 4.61. The van der Waals surface area contributed by atoms with Crippen LogP contribution < -0.4 is 0 Å². The number of ether oxygens (including phenoxy) is 2. The number of carbonyl (C=O) groups excluding carboxylic acids is 1. The Morgan fingerprint density at radius 3 is 3.00 bits per heavy atom. The van der Waals surface area contributed by atoms with Crippen molar-refractivity contribution in [2.45, 2.75) is 44.8 Å². The lowest BCUT2D eigenvalue weighted by Gasteiger charge is -2.35. The Bertz CT molecular complexity index is 301. The molecule has 0 aliphatic carbocycles. The molecule has 1 heterocycles. The van der Waals surface area contributed by atoms with Crippen LogP contribution in [0.4, 0.5) is 0 Å². The number of esters is 1. The third-order valence-electron chi connectivity index (χ3n) is 3.31. The predicted molar refractivity (Wildman–Crippen MR) is 66.9 cm³/mol. The van der Waals surface area contributed by atoms with Gasteiger partial charge in [0.25, 0.3) is 0 Å². The molecule has 0 aromatic carbocycles. The summed E-state index contributed by atoms with van der Waals surface area (Å²) in [5.41, 5.74) is 0. The van der Waals surface area contributed by atoms with Crippen LogP contribution in [0.1, 0.15) is 32.6 Å². The summed E-state index contributed by atoms with van der Waals surface area (Å²) in [6, 6.07) is 2.30. The van der Waals surface area contributed by atoms with E-state index in [0.717, 1.165) is 32.4 Å². The van der Waals surface area contributed by atoms with E-state index in [1.54, 1.807) is 6.92 Å². The predicted octanol–water partition coefficient (Wildman–Crippen LogP) is 1.33. The molecular formula is C13H22N2O3. The lowest BCUT2D eigenvalue weighted by molar-refractivity contribution is -0.142. The van der Waals surface area contributed by atoms with Crippen LogP contribution in [0.15, 0.2) is 0 Å². The first-order valence-corrected chi connectivity index (χ1v) is 6.49. The molecule has 0 aromatic heterocycles. The number of rotatable bonds is 6. The fraction of sp³-hybridized carbons (Fsp3) is 0.846. The van der Waals surface area contributed by atoms with Gasteiger partial charge in [-0.05, 0) is 26.3 Å². The smallest absolute Gasteiger partial charge is 0.307 e. The van der Waals surface area contributed by atoms with Crippen molar-refractivity contribution < 1.29 is 14.3 Å². The van der Waals surface area contributed by atoms with Crippen molar-refractivity contribution in [3.8, 4) is 6.07 Å². The van der Waals surface area contributed by atoms with E-state index in [0.29, 0.717) is 13.0 Å². The van der Waals surface area contributed by atoms with Gasteiger partial charge in [-0.25, -0.2) is 0 Å². The highest BCUT2D eigenvalue weighted by molar-refractivity contribution is 5.69. The summed E-state index contributed by atoms with van der Waals surface area (Å²) in [4.78, 5) is 13.6. The molecule has 2 unspecified atom stereocenters. The van der Waals surface area contributed by atoms with Crippen molar-refractivity contribution in [1.82, 2.24) is 4.90 Å². The molecule has 1 fully saturated rings. The topological polar surface area (TPSA) is 62.6 Å². The van der Waals surface area contributed by atoms with E-state index in [1.807, 2.05) is 6.07 Å². The van der Waals surface area contributed by atoms with E-state index >= 15 is 0 Å². The Morgan fingerprint density at radius 2 is 2.33 bits per heavy atom. The van der Waals surface area contributed by atoms with Gasteiger partial charge in [0, 0.05) is 12.6 Å². The number of hydrogen-bond acceptors (Lipinski definition) is 5. The Balaban J connectivity index is 2.35. The highest BCUT2D eigenvalue weighted by Crippen LogP contribution is 2.19. The second kappa shape index (κ2) is 8.06. The van der Waals surface area contributed by atoms with Gasteiger partial charge in [-0.1, -0.05) is 6.42 Å². The second-order valence-electron chi connectivity index (χ2n) is 4.61. The molecule has 18 heavy (non-hydrogen) atoms. The van der Waals surface area contributed by atoms with Crippen molar-refractivity contribution >= 4 is 5.97 Å². The third kappa shape index (κ3) is 5.03. The molecule has 1 aliphatic heterocycles. The molecule has 0 spiro atoms. The molecule has 0 bridgehead atoms. The van der Waals surface area contributed by atoms with Crippen LogP contribution in [0.2, 0.25) is 0 Å². The summed E-state index contributed by atoms with van der Waals surface area (Å²) in [5.74, 6) is -0.154. The Kier molecular flexibility index (Phi) is 6.69. The number of methoxy groups -OCH3 is 1. The average Bonchev–Trinajstić information content (AvgIpc) is 2.40. The number of likely N-dealkylation sites (tertiary alicyclic amines) is 1. The third-order valence-corrected chi connectivity index (χ3v) is 3.31. The molecule has 1 saturated heterocycles. The van der Waals surface area contributed by atoms with Crippen LogP contribution in [0, 0.1) is 11.3 Å². The van der Waals surface area contributed by atoms with Crippen LogP contribution >= 0.6 is 0 Å². The van der Waals surface area contributed by atoms with Crippen molar-refractivity contribution in [3.63, 3.8) is 0 Å². The Morgan fingerprint density at radius 1 is 1.56 bits per heavy atom. The number of nitriles is 1. The molecule has 2 atom stereocenters. The van der Waals surface area contributed by atoms with Crippen molar-refractivity contribution in [1.29, 1.82) is 5.26 Å². The lowest BCUT2D eigenvalue weighted by atomic mass is 9.99. The monoisotopic (exact) mass is 254 g/mol. The average molecular weight is 254 g/mol. The van der Waals surface area contributed by atoms with Crippen molar-refractivity contribution in [2.24, 2.45) is 0 Å². The van der Waals surface area contributed by atoms with Crippen LogP contribution in [-0.4, -0.2) is 49.8 Å². The molecule has 0 radical (unpaired) electrons. The quantitative estimate of drug-likeness (QED) is 0.669. The van der Waals surface area contributed by atoms with Crippen LogP contribution in [-0.2, 0) is 14.3 Å². The molecule has 102 valence electrons. The number of carbonyl (C=O) groups is 1. The zero-order valence-corrected chi connectivity index (χ0v) is 11.2. The van der Waals surface area contributed by atoms with E-state index in [1.165, 1.54) is 7.11 Å². The number of nitrogens with zero attached hydrogens (tertiary/aromatic N) is 2. The standard InChI is InChI=1S/C13H22N2O3/c1-11(10-14)18-8-7-15-6-4-3-5-12(15)9-13(16)17-2/h11-12H,3-9H2,1-2H3. The zero-order chi connectivity index (χ0) is 13.4. The zero-order valence-electron chi connectivity index (χ0n) is 11.2. The van der Waals surface area contributed by atoms with Gasteiger partial charge in [0.05, 0.1) is 26.2 Å². The molecule has 0 saturated carbocycles. The van der Waals surface area contributed by atoms with Gasteiger partial charge >= 0.3 is 5.97 Å². The highest BCUT2D eigenvalue weighted by atomic mass is 16.5. The highest BCUT2D eigenvalue weighted by Gasteiger charge is 2.24. The molecule has 1 aliphatic rings. The summed E-state index contributed by atoms with van der Waals surface area (Å²) in [6.45, 7) is 4.04. The molecule has 1 rings (SSSR count). The summed E-state index contributed by atoms with van der Waals surface area (Å²) in [6.07, 6.45) is 3.43. The molecule has 5 heteroatoms. The summed E-state index contributed by atoms with van der Waals surface area (Å²) in [7, 11) is 1.42. The molecule has 0 aromatic rings. The lowest BCUT2D eigenvalue weighted by Crippen LogP contribution is -2.42. The summed E-state index contributed by atoms with van der Waals surface area (Å²) < 4.78 is 10.1. The minimum atomic E-state index is -0.367. The first kappa shape index (κ1) is 14.9. The van der Waals surface area contributed by atoms with Crippen LogP contribution in [0.5, 0.6) is 0 Å². The van der Waals surface area contributed by atoms with Crippen molar-refractivity contribution in [3.05, 3.63) is 0 Å². The van der Waals surface area contributed by atoms with Crippen LogP contribution in [0.3, 0.4) is 0 Å². The summed E-state index contributed by atoms with van der Waals surface area (Å²) in [5, 5.41) is 8.62. The van der Waals surface area contributed by atoms with E-state index < -0.39 is 0 Å². The van der Waals surface area contributed by atoms with Gasteiger partial charge < -0.3 is 9.47 Å². The maximum absolute atomic E-state index is 11.3. The van der Waals surface area contributed by atoms with Crippen LogP contribution in [0.25, 0.3) is 0 Å². The van der Waals surface area contributed by atoms with Crippen molar-refractivity contribution in [2.75, 3.05) is 26.8 Å². The van der Waals surface area contributed by atoms with E-state index in [-0.39, 0.29) is 18.1 Å². The number of hydrogen-bond donors (Lipinski definition) is 0. The van der Waals surface area contributed by atoms with E-state index in [2.05, 4.69) is 4.90 Å². The minimum absolute atomic E-state index is 0.154. The fourth-order valence-corrected chi connectivity index (χ4v) is 2.25. The SMILES string of the molecule is COC(=O)CC1CCCCN1CCOC(C)C#N. The van der Waals surface area contributed by atoms with Gasteiger partial charge in [0.15, 0.2) is 0 Å². The van der Waals surface area contributed by atoms with Gasteiger partial charge in [-0.15, -0.1) is 0 Å². The first-order chi connectivity index (χ1) is 8.67. The maximum Gasteiger partial charge on any atom is 0.307 e. The van der Waals surface area contributed by atoms with Gasteiger partial charge in [0.1, 0.15) is 6.10 Å². The fourth-order valence-electron chi connectivity index (χ4n) is 2.25. The molecular weight excluding hydrogens is 232 g/mol. The van der Waals surface area contributed by atoms with Gasteiger partial charge in [-0.3, -0.25) is 9.69 Å². The molecule has 0 amide bonds. The summed E-state index contributed by atoms with van der Waals surface area (Å²) >= 11 is 0. The van der Waals surface area contributed by atoms with Gasteiger partial charge in [0.2, 0.25) is 0 Å². The first-order valence-electron chi connectivity index (χ1n) is 6.49. The number of piperidine rings is 1. The molecule has 5 nitrogen and oxygen atoms in total. The van der Waals surface area contributed by atoms with E-state index in [4.69, 9.17) is 14.7 Å². The van der Waals surface area contributed by atoms with Gasteiger partial charge in [-0.2, -0.15) is 5.26 Å². The maximum atomic E-state index is 11.3. The largest absolute Gasteiger partial charge is 0.469 e. The Hall–Kier alpha value is -1.12. The van der Waals surface area contributed by atoms with E-state index in [9.17, 15) is 4.79 Å².